The first-order valence-corrected chi connectivity index (χ1v) is 7.18. The lowest BCUT2D eigenvalue weighted by atomic mass is 10.1. The molecule has 0 amide bonds. The minimum absolute atomic E-state index is 0.620. The van der Waals surface area contributed by atoms with E-state index in [9.17, 15) is 0 Å². The molecule has 1 fully saturated rings. The highest BCUT2D eigenvalue weighted by Crippen LogP contribution is 2.35. The molecule has 1 aliphatic carbocycles. The van der Waals surface area contributed by atoms with Gasteiger partial charge in [0.05, 0.1) is 18.4 Å². The summed E-state index contributed by atoms with van der Waals surface area (Å²) in [5, 5.41) is 8.05. The Morgan fingerprint density at radius 1 is 1.32 bits per heavy atom. The number of hydrogen-bond acceptors (Lipinski definition) is 2. The fourth-order valence-electron chi connectivity index (χ4n) is 2.56. The number of hydrogen-bond donors (Lipinski definition) is 1. The summed E-state index contributed by atoms with van der Waals surface area (Å²) in [6.07, 6.45) is 7.99. The van der Waals surface area contributed by atoms with Gasteiger partial charge < -0.3 is 5.32 Å². The van der Waals surface area contributed by atoms with E-state index in [1.165, 1.54) is 24.8 Å². The maximum absolute atomic E-state index is 4.43. The molecule has 3 nitrogen and oxygen atoms in total. The third-order valence-electron chi connectivity index (χ3n) is 3.80. The van der Waals surface area contributed by atoms with Crippen LogP contribution in [0.1, 0.15) is 31.7 Å². The third-order valence-corrected chi connectivity index (χ3v) is 3.80. The molecule has 0 saturated heterocycles. The monoisotopic (exact) mass is 255 g/mol. The lowest BCUT2D eigenvalue weighted by molar-refractivity contribution is 0.616. The molecule has 3 heteroatoms. The molecule has 100 valence electrons. The Morgan fingerprint density at radius 2 is 2.11 bits per heavy atom. The van der Waals surface area contributed by atoms with Crippen LogP contribution < -0.4 is 5.32 Å². The molecule has 0 bridgehead atoms. The summed E-state index contributed by atoms with van der Waals surface area (Å²) in [7, 11) is 0. The quantitative estimate of drug-likeness (QED) is 0.855. The molecule has 0 radical (unpaired) electrons. The van der Waals surface area contributed by atoms with Crippen molar-refractivity contribution in [1.29, 1.82) is 0 Å². The molecule has 1 aliphatic rings. The number of aromatic nitrogens is 2. The van der Waals surface area contributed by atoms with Gasteiger partial charge in [-0.2, -0.15) is 5.10 Å². The fourth-order valence-corrected chi connectivity index (χ4v) is 2.56. The molecule has 1 N–H and O–H groups in total. The van der Waals surface area contributed by atoms with Crippen molar-refractivity contribution in [2.45, 2.75) is 38.8 Å². The molecular formula is C16H21N3. The molecule has 0 spiro atoms. The Hall–Kier alpha value is -1.77. The van der Waals surface area contributed by atoms with Gasteiger partial charge in [0.25, 0.3) is 0 Å². The molecule has 19 heavy (non-hydrogen) atoms. The molecule has 3 rings (SSSR count). The second kappa shape index (κ2) is 5.47. The van der Waals surface area contributed by atoms with Crippen LogP contribution in [-0.2, 0) is 6.54 Å². The Labute approximate surface area is 114 Å². The minimum Gasteiger partial charge on any atom is -0.380 e. The summed E-state index contributed by atoms with van der Waals surface area (Å²) in [5.41, 5.74) is 2.43. The largest absolute Gasteiger partial charge is 0.380 e. The van der Waals surface area contributed by atoms with Crippen molar-refractivity contribution in [3.05, 3.63) is 48.3 Å². The normalized spacial score (nSPS) is 16.3. The maximum Gasteiger partial charge on any atom is 0.0728 e. The Kier molecular flexibility index (Phi) is 3.53. The zero-order chi connectivity index (χ0) is 13.1. The van der Waals surface area contributed by atoms with Crippen molar-refractivity contribution in [2.24, 2.45) is 5.92 Å². The van der Waals surface area contributed by atoms with Crippen molar-refractivity contribution in [3.8, 4) is 0 Å². The maximum atomic E-state index is 4.43. The van der Waals surface area contributed by atoms with E-state index in [0.717, 1.165) is 18.2 Å². The van der Waals surface area contributed by atoms with Gasteiger partial charge in [-0.3, -0.25) is 4.68 Å². The molecule has 2 aromatic rings. The van der Waals surface area contributed by atoms with Gasteiger partial charge in [0, 0.05) is 12.2 Å². The van der Waals surface area contributed by atoms with Crippen molar-refractivity contribution in [2.75, 3.05) is 5.32 Å². The van der Waals surface area contributed by atoms with Crippen LogP contribution in [0.5, 0.6) is 0 Å². The second-order valence-corrected chi connectivity index (χ2v) is 5.41. The SMILES string of the molecule is CCC(Nc1cnn(Cc2ccccc2)c1)C1CC1. The predicted molar refractivity (Wildman–Crippen MR) is 78.2 cm³/mol. The van der Waals surface area contributed by atoms with Crippen LogP contribution in [-0.4, -0.2) is 15.8 Å². The van der Waals surface area contributed by atoms with E-state index in [0.29, 0.717) is 6.04 Å². The highest BCUT2D eigenvalue weighted by molar-refractivity contribution is 5.40. The number of benzene rings is 1. The number of anilines is 1. The summed E-state index contributed by atoms with van der Waals surface area (Å²) < 4.78 is 2.00. The molecule has 0 aliphatic heterocycles. The number of nitrogens with one attached hydrogen (secondary N) is 1. The first-order chi connectivity index (χ1) is 9.35. The van der Waals surface area contributed by atoms with Gasteiger partial charge in [0.1, 0.15) is 0 Å². The highest BCUT2D eigenvalue weighted by atomic mass is 15.3. The van der Waals surface area contributed by atoms with Crippen molar-refractivity contribution in [1.82, 2.24) is 9.78 Å². The number of nitrogens with zero attached hydrogens (tertiary/aromatic N) is 2. The van der Waals surface area contributed by atoms with Crippen LogP contribution in [0.2, 0.25) is 0 Å². The smallest absolute Gasteiger partial charge is 0.0728 e. The average molecular weight is 255 g/mol. The van der Waals surface area contributed by atoms with Gasteiger partial charge in [-0.25, -0.2) is 0 Å². The molecular weight excluding hydrogens is 234 g/mol. The van der Waals surface area contributed by atoms with Crippen LogP contribution in [0.4, 0.5) is 5.69 Å². The van der Waals surface area contributed by atoms with Gasteiger partial charge in [0.15, 0.2) is 0 Å². The van der Waals surface area contributed by atoms with Crippen molar-refractivity contribution in [3.63, 3.8) is 0 Å². The first kappa shape index (κ1) is 12.3. The zero-order valence-corrected chi connectivity index (χ0v) is 11.4. The Balaban J connectivity index is 1.62. The van der Waals surface area contributed by atoms with E-state index in [1.807, 2.05) is 16.9 Å². The van der Waals surface area contributed by atoms with Gasteiger partial charge in [-0.15, -0.1) is 0 Å². The lowest BCUT2D eigenvalue weighted by Gasteiger charge is -2.15. The molecule has 1 atom stereocenters. The van der Waals surface area contributed by atoms with Crippen molar-refractivity contribution < 1.29 is 0 Å². The lowest BCUT2D eigenvalue weighted by Crippen LogP contribution is -2.20. The van der Waals surface area contributed by atoms with Gasteiger partial charge >= 0.3 is 0 Å². The van der Waals surface area contributed by atoms with E-state index in [-0.39, 0.29) is 0 Å². The van der Waals surface area contributed by atoms with E-state index in [4.69, 9.17) is 0 Å². The first-order valence-electron chi connectivity index (χ1n) is 7.18. The van der Waals surface area contributed by atoms with Gasteiger partial charge in [-0.05, 0) is 30.7 Å². The van der Waals surface area contributed by atoms with Gasteiger partial charge in [0.2, 0.25) is 0 Å². The van der Waals surface area contributed by atoms with E-state index in [1.54, 1.807) is 0 Å². The van der Waals surface area contributed by atoms with Crippen LogP contribution >= 0.6 is 0 Å². The summed E-state index contributed by atoms with van der Waals surface area (Å²) >= 11 is 0. The summed E-state index contributed by atoms with van der Waals surface area (Å²) in [6.45, 7) is 3.09. The third kappa shape index (κ3) is 3.16. The minimum atomic E-state index is 0.620. The summed E-state index contributed by atoms with van der Waals surface area (Å²) in [5.74, 6) is 0.877. The van der Waals surface area contributed by atoms with Crippen molar-refractivity contribution >= 4 is 5.69 Å². The summed E-state index contributed by atoms with van der Waals surface area (Å²) in [4.78, 5) is 0. The van der Waals surface area contributed by atoms with Crippen LogP contribution in [0.3, 0.4) is 0 Å². The Morgan fingerprint density at radius 3 is 2.79 bits per heavy atom. The highest BCUT2D eigenvalue weighted by Gasteiger charge is 2.29. The van der Waals surface area contributed by atoms with E-state index >= 15 is 0 Å². The van der Waals surface area contributed by atoms with E-state index in [2.05, 4.69) is 47.8 Å². The van der Waals surface area contributed by atoms with Crippen LogP contribution in [0.25, 0.3) is 0 Å². The second-order valence-electron chi connectivity index (χ2n) is 5.41. The van der Waals surface area contributed by atoms with Gasteiger partial charge in [-0.1, -0.05) is 37.3 Å². The predicted octanol–water partition coefficient (Wildman–Crippen LogP) is 3.53. The average Bonchev–Trinajstić information content (AvgIpc) is 3.19. The fraction of sp³-hybridized carbons (Fsp3) is 0.438. The topological polar surface area (TPSA) is 29.9 Å². The zero-order valence-electron chi connectivity index (χ0n) is 11.4. The number of rotatable bonds is 6. The summed E-state index contributed by atoms with van der Waals surface area (Å²) in [6, 6.07) is 11.1. The standard InChI is InChI=1S/C16H21N3/c1-2-16(14-8-9-14)18-15-10-17-19(12-15)11-13-6-4-3-5-7-13/h3-7,10,12,14,16,18H,2,8-9,11H2,1H3. The molecule has 1 heterocycles. The molecule has 1 unspecified atom stereocenters. The van der Waals surface area contributed by atoms with Crippen LogP contribution in [0.15, 0.2) is 42.7 Å². The molecule has 1 aromatic heterocycles. The van der Waals surface area contributed by atoms with Crippen LogP contribution in [0, 0.1) is 5.92 Å². The molecule has 1 aromatic carbocycles. The Bertz CT molecular complexity index is 514. The molecule has 1 saturated carbocycles. The van der Waals surface area contributed by atoms with E-state index < -0.39 is 0 Å².